The van der Waals surface area contributed by atoms with Crippen LogP contribution in [-0.4, -0.2) is 28.1 Å². The lowest BCUT2D eigenvalue weighted by atomic mass is 9.78. The van der Waals surface area contributed by atoms with Gasteiger partial charge in [0.1, 0.15) is 5.82 Å². The summed E-state index contributed by atoms with van der Waals surface area (Å²) >= 11 is 0. The Morgan fingerprint density at radius 1 is 1.45 bits per heavy atom. The summed E-state index contributed by atoms with van der Waals surface area (Å²) in [6.45, 7) is 3.90. The molecule has 2 aliphatic heterocycles. The van der Waals surface area contributed by atoms with Crippen LogP contribution in [0, 0.1) is 5.82 Å². The van der Waals surface area contributed by atoms with E-state index in [9.17, 15) is 9.18 Å². The molecule has 5 heteroatoms. The second-order valence-electron chi connectivity index (χ2n) is 6.09. The van der Waals surface area contributed by atoms with E-state index in [-0.39, 0.29) is 16.9 Å². The molecule has 1 atom stereocenters. The van der Waals surface area contributed by atoms with Crippen molar-refractivity contribution in [2.45, 2.75) is 44.7 Å². The molecule has 1 aromatic carbocycles. The number of hydrogen-bond donors (Lipinski definition) is 2. The minimum Gasteiger partial charge on any atom is -0.293 e. The Bertz CT molecular complexity index is 561. The van der Waals surface area contributed by atoms with Gasteiger partial charge in [-0.1, -0.05) is 6.42 Å². The zero-order valence-corrected chi connectivity index (χ0v) is 11.6. The van der Waals surface area contributed by atoms with E-state index in [0.29, 0.717) is 13.0 Å². The number of nitrogens with zero attached hydrogens (tertiary/aromatic N) is 1. The van der Waals surface area contributed by atoms with Crippen molar-refractivity contribution in [1.82, 2.24) is 10.4 Å². The van der Waals surface area contributed by atoms with Crippen molar-refractivity contribution in [3.8, 4) is 0 Å². The maximum atomic E-state index is 14.3. The number of carbonyl (C=O) groups excluding carboxylic acids is 1. The van der Waals surface area contributed by atoms with Gasteiger partial charge in [-0.05, 0) is 56.0 Å². The largest absolute Gasteiger partial charge is 0.293 e. The second-order valence-corrected chi connectivity index (χ2v) is 6.09. The zero-order valence-electron chi connectivity index (χ0n) is 11.6. The van der Waals surface area contributed by atoms with Crippen LogP contribution in [-0.2, 0) is 13.0 Å². The molecule has 1 saturated heterocycles. The molecule has 1 amide bonds. The highest BCUT2D eigenvalue weighted by molar-refractivity contribution is 5.93. The number of hydroxylamine groups is 1. The van der Waals surface area contributed by atoms with E-state index in [0.717, 1.165) is 24.1 Å². The summed E-state index contributed by atoms with van der Waals surface area (Å²) in [5.41, 5.74) is 3.35. The molecule has 2 aliphatic rings. The smallest absolute Gasteiger partial charge is 0.274 e. The fraction of sp³-hybridized carbons (Fsp3) is 0.533. The topological polar surface area (TPSA) is 52.6 Å². The van der Waals surface area contributed by atoms with Crippen molar-refractivity contribution in [3.05, 3.63) is 34.6 Å². The molecule has 0 unspecified atom stereocenters. The number of piperidine rings is 1. The Hall–Kier alpha value is -1.46. The third kappa shape index (κ3) is 2.11. The predicted molar refractivity (Wildman–Crippen MR) is 72.0 cm³/mol. The Kier molecular flexibility index (Phi) is 3.26. The van der Waals surface area contributed by atoms with Crippen LogP contribution in [0.5, 0.6) is 0 Å². The number of fused-ring (bicyclic) bond motifs is 2. The molecule has 0 saturated carbocycles. The van der Waals surface area contributed by atoms with Crippen LogP contribution in [0.25, 0.3) is 0 Å². The number of carbonyl (C=O) groups is 1. The van der Waals surface area contributed by atoms with E-state index >= 15 is 0 Å². The van der Waals surface area contributed by atoms with Crippen LogP contribution in [0.3, 0.4) is 0 Å². The van der Waals surface area contributed by atoms with E-state index in [1.807, 2.05) is 0 Å². The molecule has 0 radical (unpaired) electrons. The molecule has 0 spiro atoms. The van der Waals surface area contributed by atoms with E-state index in [2.05, 4.69) is 11.8 Å². The molecule has 2 N–H and O–H groups in total. The lowest BCUT2D eigenvalue weighted by Crippen LogP contribution is -2.53. The van der Waals surface area contributed by atoms with Gasteiger partial charge in [-0.15, -0.1) is 0 Å². The molecule has 0 aromatic heterocycles. The minimum absolute atomic E-state index is 0.0346. The minimum atomic E-state index is -0.668. The molecular weight excluding hydrogens is 259 g/mol. The van der Waals surface area contributed by atoms with Gasteiger partial charge in [-0.25, -0.2) is 9.87 Å². The Labute approximate surface area is 117 Å². The number of halogens is 1. The van der Waals surface area contributed by atoms with E-state index in [1.54, 1.807) is 11.5 Å². The third-order valence-electron chi connectivity index (χ3n) is 4.73. The highest BCUT2D eigenvalue weighted by Gasteiger charge is 2.39. The van der Waals surface area contributed by atoms with Gasteiger partial charge in [-0.2, -0.15) is 0 Å². The van der Waals surface area contributed by atoms with Crippen molar-refractivity contribution < 1.29 is 14.4 Å². The van der Waals surface area contributed by atoms with Gasteiger partial charge in [0.15, 0.2) is 0 Å². The van der Waals surface area contributed by atoms with E-state index < -0.39 is 5.91 Å². The SMILES string of the molecule is C[C@]12CCCCN1Cc1cc(C(=O)NO)cc(F)c1C2. The first-order valence-electron chi connectivity index (χ1n) is 7.04. The normalized spacial score (nSPS) is 25.8. The standard InChI is InChI=1S/C15H19FN2O2/c1-15-4-2-3-5-18(15)9-11-6-10(14(19)17-20)7-13(16)12(11)8-15/h6-7,20H,2-5,8-9H2,1H3,(H,17,19)/t15-/m1/s1. The first kappa shape index (κ1) is 13.5. The Morgan fingerprint density at radius 3 is 3.00 bits per heavy atom. The molecule has 3 rings (SSSR count). The van der Waals surface area contributed by atoms with E-state index in [4.69, 9.17) is 5.21 Å². The fourth-order valence-corrected chi connectivity index (χ4v) is 3.52. The Morgan fingerprint density at radius 2 is 2.25 bits per heavy atom. The van der Waals surface area contributed by atoms with Crippen molar-refractivity contribution in [3.63, 3.8) is 0 Å². The van der Waals surface area contributed by atoms with Gasteiger partial charge in [0.05, 0.1) is 0 Å². The van der Waals surface area contributed by atoms with Crippen LogP contribution in [0.4, 0.5) is 4.39 Å². The first-order chi connectivity index (χ1) is 9.53. The molecule has 1 aromatic rings. The molecule has 1 fully saturated rings. The molecule has 0 aliphatic carbocycles. The number of rotatable bonds is 1. The van der Waals surface area contributed by atoms with Gasteiger partial charge in [-0.3, -0.25) is 14.9 Å². The van der Waals surface area contributed by atoms with E-state index in [1.165, 1.54) is 18.9 Å². The van der Waals surface area contributed by atoms with Gasteiger partial charge >= 0.3 is 0 Å². The maximum absolute atomic E-state index is 14.3. The van der Waals surface area contributed by atoms with Crippen molar-refractivity contribution in [1.29, 1.82) is 0 Å². The summed E-state index contributed by atoms with van der Waals surface area (Å²) in [5.74, 6) is -1.01. The van der Waals surface area contributed by atoms with Crippen LogP contribution in [0.15, 0.2) is 12.1 Å². The summed E-state index contributed by atoms with van der Waals surface area (Å²) < 4.78 is 14.3. The molecule has 4 nitrogen and oxygen atoms in total. The second kappa shape index (κ2) is 4.82. The highest BCUT2D eigenvalue weighted by atomic mass is 19.1. The van der Waals surface area contributed by atoms with Gasteiger partial charge in [0, 0.05) is 17.6 Å². The van der Waals surface area contributed by atoms with Crippen LogP contribution < -0.4 is 5.48 Å². The third-order valence-corrected chi connectivity index (χ3v) is 4.73. The van der Waals surface area contributed by atoms with Crippen LogP contribution in [0.1, 0.15) is 47.7 Å². The van der Waals surface area contributed by atoms with Gasteiger partial charge in [0.2, 0.25) is 0 Å². The number of amides is 1. The molecular formula is C15H19FN2O2. The Balaban J connectivity index is 2.01. The van der Waals surface area contributed by atoms with Crippen LogP contribution in [0.2, 0.25) is 0 Å². The van der Waals surface area contributed by atoms with Crippen molar-refractivity contribution >= 4 is 5.91 Å². The molecule has 20 heavy (non-hydrogen) atoms. The lowest BCUT2D eigenvalue weighted by molar-refractivity contribution is 0.0416. The summed E-state index contributed by atoms with van der Waals surface area (Å²) in [5, 5.41) is 8.68. The molecule has 0 bridgehead atoms. The van der Waals surface area contributed by atoms with Gasteiger partial charge in [0.25, 0.3) is 5.91 Å². The summed E-state index contributed by atoms with van der Waals surface area (Å²) in [4.78, 5) is 13.8. The predicted octanol–water partition coefficient (Wildman–Crippen LogP) is 2.25. The molecule has 108 valence electrons. The van der Waals surface area contributed by atoms with Crippen molar-refractivity contribution in [2.75, 3.05) is 6.54 Å². The van der Waals surface area contributed by atoms with Crippen LogP contribution >= 0.6 is 0 Å². The maximum Gasteiger partial charge on any atom is 0.274 e. The lowest BCUT2D eigenvalue weighted by Gasteiger charge is -2.49. The molecule has 2 heterocycles. The number of hydrogen-bond acceptors (Lipinski definition) is 3. The fourth-order valence-electron chi connectivity index (χ4n) is 3.52. The summed E-state index contributed by atoms with van der Waals surface area (Å²) in [6, 6.07) is 2.91. The average molecular weight is 278 g/mol. The number of nitrogens with one attached hydrogen (secondary N) is 1. The number of benzene rings is 1. The van der Waals surface area contributed by atoms with Crippen molar-refractivity contribution in [2.24, 2.45) is 0 Å². The highest BCUT2D eigenvalue weighted by Crippen LogP contribution is 2.38. The average Bonchev–Trinajstić information content (AvgIpc) is 2.44. The summed E-state index contributed by atoms with van der Waals surface area (Å²) in [6.07, 6.45) is 4.14. The monoisotopic (exact) mass is 278 g/mol. The van der Waals surface area contributed by atoms with Gasteiger partial charge < -0.3 is 0 Å². The quantitative estimate of drug-likeness (QED) is 0.612. The summed E-state index contributed by atoms with van der Waals surface area (Å²) in [7, 11) is 0. The zero-order chi connectivity index (χ0) is 14.3. The first-order valence-corrected chi connectivity index (χ1v) is 7.04.